The molecule has 1 aliphatic rings. The average molecular weight is 450 g/mol. The van der Waals surface area contributed by atoms with Gasteiger partial charge in [-0.25, -0.2) is 9.48 Å². The number of aromatic nitrogens is 2. The molecular formula is C25H31N5O3. The Morgan fingerprint density at radius 1 is 1.06 bits per heavy atom. The Balaban J connectivity index is 1.29. The number of likely N-dealkylation sites (tertiary alicyclic amines) is 1. The van der Waals surface area contributed by atoms with E-state index in [1.165, 1.54) is 0 Å². The standard InChI is InChI=1S/C25H31N5O3/c1-19(18-33-21-8-4-3-5-9-21)29-16-13-20(14-17-29)30-24(12-15-26-30)28-25(31)27-22-10-6-7-11-23(22)32-2/h3-12,15,19-20H,13-14,16-18H2,1-2H3,(H2,27,28,31)/t19-/m1/s1. The second kappa shape index (κ2) is 10.9. The Hall–Kier alpha value is -3.52. The Bertz CT molecular complexity index is 1030. The molecule has 1 saturated heterocycles. The van der Waals surface area contributed by atoms with Crippen molar-refractivity contribution in [3.05, 3.63) is 66.9 Å². The molecule has 4 rings (SSSR count). The fraction of sp³-hybridized carbons (Fsp3) is 0.360. The fourth-order valence-electron chi connectivity index (χ4n) is 4.13. The summed E-state index contributed by atoms with van der Waals surface area (Å²) < 4.78 is 13.1. The third kappa shape index (κ3) is 5.84. The van der Waals surface area contributed by atoms with E-state index >= 15 is 0 Å². The summed E-state index contributed by atoms with van der Waals surface area (Å²) in [6.07, 6.45) is 3.64. The normalized spacial score (nSPS) is 15.6. The first kappa shape index (κ1) is 22.7. The number of methoxy groups -OCH3 is 1. The highest BCUT2D eigenvalue weighted by molar-refractivity contribution is 6.00. The van der Waals surface area contributed by atoms with E-state index in [4.69, 9.17) is 9.47 Å². The molecule has 2 amide bonds. The number of amides is 2. The van der Waals surface area contributed by atoms with Crippen molar-refractivity contribution >= 4 is 17.5 Å². The molecule has 8 heteroatoms. The molecule has 0 bridgehead atoms. The van der Waals surface area contributed by atoms with E-state index in [2.05, 4.69) is 27.6 Å². The maximum absolute atomic E-state index is 12.6. The Morgan fingerprint density at radius 3 is 2.55 bits per heavy atom. The van der Waals surface area contributed by atoms with E-state index in [9.17, 15) is 4.79 Å². The van der Waals surface area contributed by atoms with Crippen molar-refractivity contribution in [1.82, 2.24) is 14.7 Å². The van der Waals surface area contributed by atoms with Gasteiger partial charge in [-0.1, -0.05) is 30.3 Å². The monoisotopic (exact) mass is 449 g/mol. The number of anilines is 2. The van der Waals surface area contributed by atoms with Crippen molar-refractivity contribution in [1.29, 1.82) is 0 Å². The summed E-state index contributed by atoms with van der Waals surface area (Å²) in [7, 11) is 1.58. The molecule has 3 aromatic rings. The lowest BCUT2D eigenvalue weighted by Crippen LogP contribution is -2.43. The number of carbonyl (C=O) groups excluding carboxylic acids is 1. The molecule has 2 N–H and O–H groups in total. The van der Waals surface area contributed by atoms with E-state index in [0.717, 1.165) is 31.7 Å². The second-order valence-electron chi connectivity index (χ2n) is 8.18. The molecule has 2 aromatic carbocycles. The Kier molecular flexibility index (Phi) is 7.47. The minimum absolute atomic E-state index is 0.236. The van der Waals surface area contributed by atoms with Crippen LogP contribution in [0.5, 0.6) is 11.5 Å². The van der Waals surface area contributed by atoms with Crippen LogP contribution in [0, 0.1) is 0 Å². The molecule has 0 saturated carbocycles. The van der Waals surface area contributed by atoms with Crippen LogP contribution in [-0.4, -0.2) is 53.6 Å². The summed E-state index contributed by atoms with van der Waals surface area (Å²) in [5.74, 6) is 2.19. The highest BCUT2D eigenvalue weighted by Crippen LogP contribution is 2.27. The number of nitrogens with zero attached hydrogens (tertiary/aromatic N) is 3. The van der Waals surface area contributed by atoms with Crippen LogP contribution in [0.2, 0.25) is 0 Å². The van der Waals surface area contributed by atoms with Gasteiger partial charge in [0.2, 0.25) is 0 Å². The van der Waals surface area contributed by atoms with Crippen LogP contribution in [0.4, 0.5) is 16.3 Å². The Morgan fingerprint density at radius 2 is 1.79 bits per heavy atom. The lowest BCUT2D eigenvalue weighted by molar-refractivity contribution is 0.104. The number of rotatable bonds is 8. The molecule has 1 aliphatic heterocycles. The third-order valence-corrected chi connectivity index (χ3v) is 5.97. The van der Waals surface area contributed by atoms with Crippen LogP contribution in [-0.2, 0) is 0 Å². The van der Waals surface area contributed by atoms with Crippen molar-refractivity contribution in [2.75, 3.05) is 37.4 Å². The predicted molar refractivity (Wildman–Crippen MR) is 129 cm³/mol. The molecule has 174 valence electrons. The van der Waals surface area contributed by atoms with Crippen LogP contribution >= 0.6 is 0 Å². The fourth-order valence-corrected chi connectivity index (χ4v) is 4.13. The van der Waals surface area contributed by atoms with Gasteiger partial charge >= 0.3 is 6.03 Å². The van der Waals surface area contributed by atoms with Gasteiger partial charge in [0.25, 0.3) is 0 Å². The number of ether oxygens (including phenoxy) is 2. The van der Waals surface area contributed by atoms with Crippen LogP contribution < -0.4 is 20.1 Å². The summed E-state index contributed by atoms with van der Waals surface area (Å²) in [5.41, 5.74) is 0.614. The first-order valence-corrected chi connectivity index (χ1v) is 11.3. The van der Waals surface area contributed by atoms with Gasteiger partial charge in [0.1, 0.15) is 23.9 Å². The van der Waals surface area contributed by atoms with Gasteiger partial charge in [-0.15, -0.1) is 0 Å². The summed E-state index contributed by atoms with van der Waals surface area (Å²) in [6, 6.07) is 19.3. The minimum atomic E-state index is -0.328. The van der Waals surface area contributed by atoms with E-state index in [-0.39, 0.29) is 12.1 Å². The molecule has 8 nitrogen and oxygen atoms in total. The molecule has 1 atom stereocenters. The van der Waals surface area contributed by atoms with Gasteiger partial charge in [-0.05, 0) is 44.0 Å². The average Bonchev–Trinajstić information content (AvgIpc) is 3.31. The molecule has 0 unspecified atom stereocenters. The number of benzene rings is 2. The van der Waals surface area contributed by atoms with Gasteiger partial charge in [0.15, 0.2) is 0 Å². The topological polar surface area (TPSA) is 80.7 Å². The van der Waals surface area contributed by atoms with Gasteiger partial charge in [-0.3, -0.25) is 10.2 Å². The number of para-hydroxylation sites is 3. The highest BCUT2D eigenvalue weighted by Gasteiger charge is 2.26. The summed E-state index contributed by atoms with van der Waals surface area (Å²) >= 11 is 0. The van der Waals surface area contributed by atoms with E-state index in [1.807, 2.05) is 53.2 Å². The van der Waals surface area contributed by atoms with E-state index in [0.29, 0.717) is 29.9 Å². The van der Waals surface area contributed by atoms with Crippen molar-refractivity contribution in [3.8, 4) is 11.5 Å². The van der Waals surface area contributed by atoms with Crippen LogP contribution in [0.15, 0.2) is 66.9 Å². The quantitative estimate of drug-likeness (QED) is 0.524. The van der Waals surface area contributed by atoms with Gasteiger partial charge in [0.05, 0.1) is 25.0 Å². The van der Waals surface area contributed by atoms with Gasteiger partial charge < -0.3 is 14.8 Å². The molecule has 1 aromatic heterocycles. The van der Waals surface area contributed by atoms with Crippen molar-refractivity contribution in [2.45, 2.75) is 31.8 Å². The Labute approximate surface area is 194 Å². The van der Waals surface area contributed by atoms with Crippen LogP contribution in [0.1, 0.15) is 25.8 Å². The highest BCUT2D eigenvalue weighted by atomic mass is 16.5. The van der Waals surface area contributed by atoms with Crippen molar-refractivity contribution in [2.24, 2.45) is 0 Å². The zero-order valence-corrected chi connectivity index (χ0v) is 19.1. The SMILES string of the molecule is COc1ccccc1NC(=O)Nc1ccnn1C1CCN([C@H](C)COc2ccccc2)CC1. The maximum Gasteiger partial charge on any atom is 0.324 e. The lowest BCUT2D eigenvalue weighted by Gasteiger charge is -2.36. The summed E-state index contributed by atoms with van der Waals surface area (Å²) in [5, 5.41) is 10.2. The number of nitrogens with one attached hydrogen (secondary N) is 2. The second-order valence-corrected chi connectivity index (χ2v) is 8.18. The zero-order valence-electron chi connectivity index (χ0n) is 19.1. The smallest absolute Gasteiger partial charge is 0.324 e. The minimum Gasteiger partial charge on any atom is -0.495 e. The number of carbonyl (C=O) groups is 1. The molecular weight excluding hydrogens is 418 g/mol. The van der Waals surface area contributed by atoms with Crippen molar-refractivity contribution < 1.29 is 14.3 Å². The molecule has 2 heterocycles. The predicted octanol–water partition coefficient (Wildman–Crippen LogP) is 4.64. The maximum atomic E-state index is 12.6. The first-order chi connectivity index (χ1) is 16.1. The van der Waals surface area contributed by atoms with E-state index in [1.54, 1.807) is 25.4 Å². The summed E-state index contributed by atoms with van der Waals surface area (Å²) in [4.78, 5) is 15.0. The zero-order chi connectivity index (χ0) is 23.0. The molecule has 33 heavy (non-hydrogen) atoms. The lowest BCUT2D eigenvalue weighted by atomic mass is 10.0. The largest absolute Gasteiger partial charge is 0.495 e. The van der Waals surface area contributed by atoms with Crippen molar-refractivity contribution in [3.63, 3.8) is 0 Å². The number of piperidine rings is 1. The molecule has 0 radical (unpaired) electrons. The van der Waals surface area contributed by atoms with Gasteiger partial charge in [-0.2, -0.15) is 5.10 Å². The summed E-state index contributed by atoms with van der Waals surface area (Å²) in [6.45, 7) is 4.77. The number of urea groups is 1. The van der Waals surface area contributed by atoms with E-state index < -0.39 is 0 Å². The number of hydrogen-bond acceptors (Lipinski definition) is 5. The van der Waals surface area contributed by atoms with Crippen LogP contribution in [0.3, 0.4) is 0 Å². The molecule has 0 spiro atoms. The molecule has 0 aliphatic carbocycles. The van der Waals surface area contributed by atoms with Gasteiger partial charge in [0, 0.05) is 25.2 Å². The third-order valence-electron chi connectivity index (χ3n) is 5.97. The first-order valence-electron chi connectivity index (χ1n) is 11.3. The molecule has 1 fully saturated rings. The number of hydrogen-bond donors (Lipinski definition) is 2. The van der Waals surface area contributed by atoms with Crippen LogP contribution in [0.25, 0.3) is 0 Å².